The molecule has 1 saturated heterocycles. The zero-order valence-electron chi connectivity index (χ0n) is 19.4. The molecule has 1 aliphatic heterocycles. The van der Waals surface area contributed by atoms with Crippen molar-refractivity contribution in [1.29, 1.82) is 0 Å². The highest BCUT2D eigenvalue weighted by molar-refractivity contribution is 6.30. The lowest BCUT2D eigenvalue weighted by Gasteiger charge is -2.27. The fraction of sp³-hybridized carbons (Fsp3) is 0.346. The molecule has 1 aliphatic rings. The number of carbonyl (C=O) groups excluding carboxylic acids is 1. The quantitative estimate of drug-likeness (QED) is 0.517. The van der Waals surface area contributed by atoms with Gasteiger partial charge in [-0.15, -0.1) is 0 Å². The molecule has 0 spiro atoms. The number of nitrogens with zero attached hydrogens (tertiary/aromatic N) is 4. The molecule has 172 valence electrons. The van der Waals surface area contributed by atoms with E-state index in [4.69, 9.17) is 21.6 Å². The van der Waals surface area contributed by atoms with Crippen molar-refractivity contribution in [2.24, 2.45) is 0 Å². The highest BCUT2D eigenvalue weighted by atomic mass is 35.5. The molecule has 2 amide bonds. The summed E-state index contributed by atoms with van der Waals surface area (Å²) in [6.45, 7) is 9.32. The molecule has 2 aromatic carbocycles. The summed E-state index contributed by atoms with van der Waals surface area (Å²) in [5.41, 5.74) is 3.94. The first-order valence-electron chi connectivity index (χ1n) is 11.4. The van der Waals surface area contributed by atoms with Gasteiger partial charge in [-0.05, 0) is 43.5 Å². The van der Waals surface area contributed by atoms with E-state index in [1.54, 1.807) is 12.1 Å². The molecule has 0 bridgehead atoms. The number of hydrogen-bond acceptors (Lipinski definition) is 4. The Kier molecular flexibility index (Phi) is 7.14. The summed E-state index contributed by atoms with van der Waals surface area (Å²) in [6.07, 6.45) is 0.870. The summed E-state index contributed by atoms with van der Waals surface area (Å²) in [5, 5.41) is 3.62. The van der Waals surface area contributed by atoms with Crippen molar-refractivity contribution in [3.05, 3.63) is 70.9 Å². The van der Waals surface area contributed by atoms with Crippen LogP contribution in [0.1, 0.15) is 37.4 Å². The molecule has 1 fully saturated rings. The van der Waals surface area contributed by atoms with E-state index in [1.165, 1.54) is 5.56 Å². The van der Waals surface area contributed by atoms with Crippen LogP contribution in [0.25, 0.3) is 11.4 Å². The number of nitrogens with one attached hydrogen (secondary N) is 1. The van der Waals surface area contributed by atoms with Crippen LogP contribution in [0.2, 0.25) is 5.02 Å². The number of aryl methyl sites for hydroxylation is 1. The van der Waals surface area contributed by atoms with Gasteiger partial charge in [0.05, 0.1) is 0 Å². The van der Waals surface area contributed by atoms with E-state index in [-0.39, 0.29) is 6.03 Å². The number of urea groups is 1. The Morgan fingerprint density at radius 2 is 1.70 bits per heavy atom. The van der Waals surface area contributed by atoms with Crippen LogP contribution in [-0.2, 0) is 0 Å². The second kappa shape index (κ2) is 10.2. The maximum Gasteiger partial charge on any atom is 0.321 e. The first-order chi connectivity index (χ1) is 15.9. The van der Waals surface area contributed by atoms with Crippen LogP contribution in [0.3, 0.4) is 0 Å². The molecule has 2 heterocycles. The third kappa shape index (κ3) is 5.45. The molecular weight excluding hydrogens is 434 g/mol. The highest BCUT2D eigenvalue weighted by Crippen LogP contribution is 2.31. The van der Waals surface area contributed by atoms with Crippen LogP contribution in [0.5, 0.6) is 0 Å². The van der Waals surface area contributed by atoms with E-state index in [1.807, 2.05) is 47.4 Å². The largest absolute Gasteiger partial charge is 0.354 e. The Labute approximate surface area is 200 Å². The van der Waals surface area contributed by atoms with Gasteiger partial charge in [-0.25, -0.2) is 14.8 Å². The number of amides is 2. The molecule has 0 atom stereocenters. The maximum atomic E-state index is 12.9. The van der Waals surface area contributed by atoms with Crippen LogP contribution in [-0.4, -0.2) is 47.1 Å². The number of rotatable bonds is 4. The van der Waals surface area contributed by atoms with Crippen molar-refractivity contribution >= 4 is 29.1 Å². The predicted octanol–water partition coefficient (Wildman–Crippen LogP) is 5.97. The van der Waals surface area contributed by atoms with Crippen molar-refractivity contribution in [1.82, 2.24) is 14.9 Å². The van der Waals surface area contributed by atoms with Gasteiger partial charge in [0.25, 0.3) is 0 Å². The Bertz CT molecular complexity index is 1100. The predicted molar refractivity (Wildman–Crippen MR) is 135 cm³/mol. The normalized spacial score (nSPS) is 14.3. The maximum absolute atomic E-state index is 12.9. The van der Waals surface area contributed by atoms with Crippen molar-refractivity contribution in [3.8, 4) is 11.4 Å². The molecule has 7 heteroatoms. The summed E-state index contributed by atoms with van der Waals surface area (Å²) in [6, 6.07) is 17.2. The van der Waals surface area contributed by atoms with Gasteiger partial charge in [0.15, 0.2) is 5.82 Å². The minimum atomic E-state index is -0.0906. The smallest absolute Gasteiger partial charge is 0.321 e. The van der Waals surface area contributed by atoms with E-state index in [2.05, 4.69) is 31.0 Å². The number of benzene rings is 2. The molecule has 0 radical (unpaired) electrons. The first kappa shape index (κ1) is 23.1. The minimum Gasteiger partial charge on any atom is -0.354 e. The van der Waals surface area contributed by atoms with Crippen LogP contribution in [0.4, 0.5) is 16.3 Å². The second-order valence-electron chi connectivity index (χ2n) is 8.66. The van der Waals surface area contributed by atoms with E-state index >= 15 is 0 Å². The molecule has 1 N–H and O–H groups in total. The monoisotopic (exact) mass is 463 g/mol. The van der Waals surface area contributed by atoms with Crippen LogP contribution in [0, 0.1) is 6.92 Å². The van der Waals surface area contributed by atoms with Gasteiger partial charge in [-0.1, -0.05) is 55.8 Å². The average molecular weight is 464 g/mol. The van der Waals surface area contributed by atoms with Gasteiger partial charge in [-0.3, -0.25) is 0 Å². The fourth-order valence-electron chi connectivity index (χ4n) is 4.27. The van der Waals surface area contributed by atoms with Gasteiger partial charge < -0.3 is 15.1 Å². The molecule has 0 unspecified atom stereocenters. The Balaban J connectivity index is 1.55. The number of anilines is 2. The van der Waals surface area contributed by atoms with Gasteiger partial charge in [0.2, 0.25) is 0 Å². The topological polar surface area (TPSA) is 61.4 Å². The summed E-state index contributed by atoms with van der Waals surface area (Å²) >= 11 is 5.95. The lowest BCUT2D eigenvalue weighted by atomic mass is 10.0. The second-order valence-corrected chi connectivity index (χ2v) is 9.09. The molecule has 3 aromatic rings. The summed E-state index contributed by atoms with van der Waals surface area (Å²) < 4.78 is 0. The van der Waals surface area contributed by atoms with Crippen molar-refractivity contribution in [2.45, 2.75) is 33.1 Å². The van der Waals surface area contributed by atoms with Crippen molar-refractivity contribution in [3.63, 3.8) is 0 Å². The lowest BCUT2D eigenvalue weighted by Crippen LogP contribution is -2.38. The summed E-state index contributed by atoms with van der Waals surface area (Å²) in [4.78, 5) is 26.9. The number of hydrogen-bond donors (Lipinski definition) is 1. The Morgan fingerprint density at radius 3 is 2.39 bits per heavy atom. The van der Waals surface area contributed by atoms with E-state index in [9.17, 15) is 4.79 Å². The number of aromatic nitrogens is 2. The van der Waals surface area contributed by atoms with Crippen LogP contribution < -0.4 is 10.2 Å². The molecular formula is C26H30ClN5O. The third-order valence-electron chi connectivity index (χ3n) is 5.90. The van der Waals surface area contributed by atoms with Crippen LogP contribution >= 0.6 is 11.6 Å². The SMILES string of the molecule is Cc1nc(-c2ccccc2)nc(N2CCCN(C(=O)Nc3ccc(Cl)cc3)CC2)c1C(C)C. The van der Waals surface area contributed by atoms with Gasteiger partial charge in [0, 0.05) is 53.7 Å². The van der Waals surface area contributed by atoms with Gasteiger partial charge in [0.1, 0.15) is 5.82 Å². The average Bonchev–Trinajstić information content (AvgIpc) is 3.07. The Morgan fingerprint density at radius 1 is 0.970 bits per heavy atom. The van der Waals surface area contributed by atoms with Crippen molar-refractivity contribution < 1.29 is 4.79 Å². The molecule has 0 aliphatic carbocycles. The zero-order valence-corrected chi connectivity index (χ0v) is 20.1. The third-order valence-corrected chi connectivity index (χ3v) is 6.16. The van der Waals surface area contributed by atoms with Crippen LogP contribution in [0.15, 0.2) is 54.6 Å². The highest BCUT2D eigenvalue weighted by Gasteiger charge is 2.24. The number of carbonyl (C=O) groups is 1. The van der Waals surface area contributed by atoms with E-state index < -0.39 is 0 Å². The standard InChI is InChI=1S/C26H30ClN5O/c1-18(2)23-19(3)28-24(20-8-5-4-6-9-20)30-25(23)31-14-7-15-32(17-16-31)26(33)29-22-12-10-21(27)11-13-22/h4-6,8-13,18H,7,14-17H2,1-3H3,(H,29,33). The minimum absolute atomic E-state index is 0.0906. The number of halogens is 1. The van der Waals surface area contributed by atoms with Gasteiger partial charge in [-0.2, -0.15) is 0 Å². The summed E-state index contributed by atoms with van der Waals surface area (Å²) in [7, 11) is 0. The zero-order chi connectivity index (χ0) is 23.4. The lowest BCUT2D eigenvalue weighted by molar-refractivity contribution is 0.215. The van der Waals surface area contributed by atoms with E-state index in [0.29, 0.717) is 24.0 Å². The molecule has 33 heavy (non-hydrogen) atoms. The molecule has 1 aromatic heterocycles. The molecule has 4 rings (SSSR count). The first-order valence-corrected chi connectivity index (χ1v) is 11.8. The Hall–Kier alpha value is -3.12. The van der Waals surface area contributed by atoms with Crippen molar-refractivity contribution in [2.75, 3.05) is 36.4 Å². The molecule has 0 saturated carbocycles. The van der Waals surface area contributed by atoms with E-state index in [0.717, 1.165) is 48.1 Å². The summed E-state index contributed by atoms with van der Waals surface area (Å²) in [5.74, 6) is 2.03. The molecule has 6 nitrogen and oxygen atoms in total. The van der Waals surface area contributed by atoms with Gasteiger partial charge >= 0.3 is 6.03 Å². The fourth-order valence-corrected chi connectivity index (χ4v) is 4.39.